The number of carbonyl (C=O) groups excluding carboxylic acids is 2. The lowest BCUT2D eigenvalue weighted by Crippen LogP contribution is -2.60. The highest BCUT2D eigenvalue weighted by atomic mass is 16.3. The summed E-state index contributed by atoms with van der Waals surface area (Å²) in [6.07, 6.45) is 3.14. The number of piperidine rings is 1. The number of hydrogen-bond donors (Lipinski definition) is 2. The molecule has 2 fully saturated rings. The maximum Gasteiger partial charge on any atom is 0.320 e. The SMILES string of the molecule is CC(C)N1CCC(N2CCCN(C(Cc3ccc(O)cc3)C(N)=O)C2=O)CC1. The normalized spacial score (nSPS) is 20.6. The Morgan fingerprint density at radius 1 is 1.14 bits per heavy atom. The number of rotatable bonds is 6. The zero-order valence-corrected chi connectivity index (χ0v) is 16.9. The average Bonchev–Trinajstić information content (AvgIpc) is 2.68. The van der Waals surface area contributed by atoms with E-state index < -0.39 is 11.9 Å². The number of nitrogens with two attached hydrogens (primary N) is 1. The van der Waals surface area contributed by atoms with Crippen molar-refractivity contribution in [3.05, 3.63) is 29.8 Å². The third-order valence-electron chi connectivity index (χ3n) is 6.03. The van der Waals surface area contributed by atoms with E-state index in [1.807, 2.05) is 4.90 Å². The van der Waals surface area contributed by atoms with Gasteiger partial charge in [0.1, 0.15) is 11.8 Å². The second-order valence-corrected chi connectivity index (χ2v) is 8.17. The number of likely N-dealkylation sites (tertiary alicyclic amines) is 1. The molecule has 0 aromatic heterocycles. The van der Waals surface area contributed by atoms with Crippen LogP contribution >= 0.6 is 0 Å². The van der Waals surface area contributed by atoms with Crippen molar-refractivity contribution in [3.8, 4) is 5.75 Å². The van der Waals surface area contributed by atoms with Gasteiger partial charge < -0.3 is 25.5 Å². The summed E-state index contributed by atoms with van der Waals surface area (Å²) in [5, 5.41) is 9.46. The van der Waals surface area contributed by atoms with Gasteiger partial charge >= 0.3 is 6.03 Å². The molecule has 0 aliphatic carbocycles. The maximum atomic E-state index is 13.2. The van der Waals surface area contributed by atoms with Gasteiger partial charge in [-0.1, -0.05) is 12.1 Å². The Labute approximate surface area is 167 Å². The Hall–Kier alpha value is -2.28. The molecule has 7 heteroatoms. The highest BCUT2D eigenvalue weighted by Crippen LogP contribution is 2.24. The van der Waals surface area contributed by atoms with Crippen LogP contribution in [0.1, 0.15) is 38.7 Å². The summed E-state index contributed by atoms with van der Waals surface area (Å²) in [5.74, 6) is -0.315. The summed E-state index contributed by atoms with van der Waals surface area (Å²) in [7, 11) is 0. The van der Waals surface area contributed by atoms with Crippen LogP contribution in [0.5, 0.6) is 5.75 Å². The smallest absolute Gasteiger partial charge is 0.320 e. The summed E-state index contributed by atoms with van der Waals surface area (Å²) >= 11 is 0. The first-order valence-electron chi connectivity index (χ1n) is 10.3. The number of nitrogens with zero attached hydrogens (tertiary/aromatic N) is 3. The fourth-order valence-corrected chi connectivity index (χ4v) is 4.33. The predicted molar refractivity (Wildman–Crippen MR) is 108 cm³/mol. The molecule has 3 amide bonds. The number of amides is 3. The molecule has 2 aliphatic heterocycles. The molecule has 1 unspecified atom stereocenters. The van der Waals surface area contributed by atoms with Crippen LogP contribution in [0.3, 0.4) is 0 Å². The van der Waals surface area contributed by atoms with Crippen LogP contribution in [-0.4, -0.2) is 76.0 Å². The first kappa shape index (κ1) is 20.5. The van der Waals surface area contributed by atoms with Crippen molar-refractivity contribution >= 4 is 11.9 Å². The molecule has 3 rings (SSSR count). The van der Waals surface area contributed by atoms with Crippen LogP contribution < -0.4 is 5.73 Å². The number of phenols is 1. The molecule has 28 heavy (non-hydrogen) atoms. The van der Waals surface area contributed by atoms with Gasteiger partial charge in [-0.15, -0.1) is 0 Å². The number of urea groups is 1. The van der Waals surface area contributed by atoms with E-state index in [-0.39, 0.29) is 17.8 Å². The van der Waals surface area contributed by atoms with Crippen molar-refractivity contribution in [2.75, 3.05) is 26.2 Å². The molecule has 0 radical (unpaired) electrons. The molecule has 7 nitrogen and oxygen atoms in total. The van der Waals surface area contributed by atoms with Crippen LogP contribution in [-0.2, 0) is 11.2 Å². The average molecular weight is 389 g/mol. The minimum absolute atomic E-state index is 0.0724. The van der Waals surface area contributed by atoms with Crippen LogP contribution in [0, 0.1) is 0 Å². The van der Waals surface area contributed by atoms with E-state index in [9.17, 15) is 14.7 Å². The summed E-state index contributed by atoms with van der Waals surface area (Å²) in [6.45, 7) is 7.69. The molecule has 154 valence electrons. The van der Waals surface area contributed by atoms with Crippen molar-refractivity contribution in [1.82, 2.24) is 14.7 Å². The van der Waals surface area contributed by atoms with Crippen LogP contribution in [0.15, 0.2) is 24.3 Å². The number of phenolic OH excluding ortho intramolecular Hbond substituents is 1. The summed E-state index contributed by atoms with van der Waals surface area (Å²) in [4.78, 5) is 31.4. The minimum atomic E-state index is -0.671. The molecule has 2 saturated heterocycles. The van der Waals surface area contributed by atoms with E-state index in [4.69, 9.17) is 5.73 Å². The molecule has 0 bridgehead atoms. The zero-order valence-electron chi connectivity index (χ0n) is 16.9. The quantitative estimate of drug-likeness (QED) is 0.777. The molecule has 1 aromatic carbocycles. The molecule has 0 saturated carbocycles. The topological polar surface area (TPSA) is 90.1 Å². The van der Waals surface area contributed by atoms with Crippen molar-refractivity contribution in [2.45, 2.75) is 57.7 Å². The Morgan fingerprint density at radius 3 is 2.36 bits per heavy atom. The number of hydrogen-bond acceptors (Lipinski definition) is 4. The van der Waals surface area contributed by atoms with E-state index in [2.05, 4.69) is 18.7 Å². The highest BCUT2D eigenvalue weighted by molar-refractivity contribution is 5.86. The lowest BCUT2D eigenvalue weighted by Gasteiger charge is -2.45. The Kier molecular flexibility index (Phi) is 6.44. The fraction of sp³-hybridized carbons (Fsp3) is 0.619. The van der Waals surface area contributed by atoms with E-state index in [0.29, 0.717) is 19.0 Å². The molecule has 1 aromatic rings. The number of benzene rings is 1. The van der Waals surface area contributed by atoms with Gasteiger partial charge in [0.2, 0.25) is 5.91 Å². The van der Waals surface area contributed by atoms with E-state index >= 15 is 0 Å². The van der Waals surface area contributed by atoms with Crippen LogP contribution in [0.4, 0.5) is 4.79 Å². The highest BCUT2D eigenvalue weighted by Gasteiger charge is 2.38. The molecular formula is C21H32N4O3. The summed E-state index contributed by atoms with van der Waals surface area (Å²) in [6, 6.07) is 6.71. The Morgan fingerprint density at radius 2 is 1.79 bits per heavy atom. The molecule has 2 aliphatic rings. The van der Waals surface area contributed by atoms with Gasteiger partial charge in [-0.3, -0.25) is 4.79 Å². The third kappa shape index (κ3) is 4.58. The van der Waals surface area contributed by atoms with Gasteiger partial charge in [0.15, 0.2) is 0 Å². The van der Waals surface area contributed by atoms with Gasteiger partial charge in [-0.2, -0.15) is 0 Å². The van der Waals surface area contributed by atoms with E-state index in [0.717, 1.165) is 44.5 Å². The molecule has 3 N–H and O–H groups in total. The van der Waals surface area contributed by atoms with E-state index in [1.54, 1.807) is 29.2 Å². The Bertz CT molecular complexity index is 683. The van der Waals surface area contributed by atoms with Crippen molar-refractivity contribution in [3.63, 3.8) is 0 Å². The molecule has 0 spiro atoms. The zero-order chi connectivity index (χ0) is 20.3. The van der Waals surface area contributed by atoms with Crippen molar-refractivity contribution < 1.29 is 14.7 Å². The van der Waals surface area contributed by atoms with Crippen molar-refractivity contribution in [1.29, 1.82) is 0 Å². The Balaban J connectivity index is 1.69. The van der Waals surface area contributed by atoms with Gasteiger partial charge in [0, 0.05) is 44.7 Å². The second kappa shape index (κ2) is 8.82. The standard InChI is InChI=1S/C21H32N4O3/c1-15(2)23-12-8-17(9-13-23)24-10-3-11-25(21(24)28)19(20(22)27)14-16-4-6-18(26)7-5-16/h4-7,15,17,19,26H,3,8-14H2,1-2H3,(H2,22,27). The van der Waals surface area contributed by atoms with Gasteiger partial charge in [0.05, 0.1) is 0 Å². The van der Waals surface area contributed by atoms with Crippen LogP contribution in [0.2, 0.25) is 0 Å². The van der Waals surface area contributed by atoms with Gasteiger partial charge in [-0.25, -0.2) is 4.79 Å². The summed E-state index contributed by atoms with van der Waals surface area (Å²) < 4.78 is 0. The minimum Gasteiger partial charge on any atom is -0.508 e. The van der Waals surface area contributed by atoms with Crippen LogP contribution in [0.25, 0.3) is 0 Å². The second-order valence-electron chi connectivity index (χ2n) is 8.17. The lowest BCUT2D eigenvalue weighted by atomic mass is 9.99. The number of carbonyl (C=O) groups is 2. The van der Waals surface area contributed by atoms with E-state index in [1.165, 1.54) is 0 Å². The summed E-state index contributed by atoms with van der Waals surface area (Å²) in [5.41, 5.74) is 6.55. The first-order chi connectivity index (χ1) is 13.4. The molecular weight excluding hydrogens is 356 g/mol. The number of primary amides is 1. The van der Waals surface area contributed by atoms with Gasteiger partial charge in [0.25, 0.3) is 0 Å². The fourth-order valence-electron chi connectivity index (χ4n) is 4.33. The monoisotopic (exact) mass is 388 g/mol. The van der Waals surface area contributed by atoms with Crippen molar-refractivity contribution in [2.24, 2.45) is 5.73 Å². The number of aromatic hydroxyl groups is 1. The first-order valence-corrected chi connectivity index (χ1v) is 10.3. The predicted octanol–water partition coefficient (Wildman–Crippen LogP) is 1.79. The molecule has 2 heterocycles. The largest absolute Gasteiger partial charge is 0.508 e. The van der Waals surface area contributed by atoms with Gasteiger partial charge in [-0.05, 0) is 50.8 Å². The third-order valence-corrected chi connectivity index (χ3v) is 6.03. The lowest BCUT2D eigenvalue weighted by molar-refractivity contribution is -0.122. The maximum absolute atomic E-state index is 13.2. The molecule has 1 atom stereocenters.